The summed E-state index contributed by atoms with van der Waals surface area (Å²) in [6.45, 7) is 1.54. The summed E-state index contributed by atoms with van der Waals surface area (Å²) in [6, 6.07) is 6.64. The molecule has 0 aliphatic heterocycles. The number of hydrogen-bond acceptors (Lipinski definition) is 5. The van der Waals surface area contributed by atoms with Crippen molar-refractivity contribution < 1.29 is 19.1 Å². The van der Waals surface area contributed by atoms with Crippen LogP contribution >= 0.6 is 0 Å². The first-order valence-corrected chi connectivity index (χ1v) is 6.85. The van der Waals surface area contributed by atoms with Crippen LogP contribution in [0.3, 0.4) is 0 Å². The molecule has 22 heavy (non-hydrogen) atoms. The number of methoxy groups -OCH3 is 1. The van der Waals surface area contributed by atoms with Gasteiger partial charge in [-0.15, -0.1) is 0 Å². The van der Waals surface area contributed by atoms with Crippen molar-refractivity contribution in [2.24, 2.45) is 5.73 Å². The molecule has 1 rings (SSSR count). The van der Waals surface area contributed by atoms with Crippen molar-refractivity contribution >= 4 is 17.5 Å². The maximum absolute atomic E-state index is 11.8. The second kappa shape index (κ2) is 9.64. The third-order valence-corrected chi connectivity index (χ3v) is 2.85. The SMILES string of the molecule is COCCOCCNC(=O)C(=O)Cc1ccc(C(=N)N)cc1. The minimum Gasteiger partial charge on any atom is -0.384 e. The Kier molecular flexibility index (Phi) is 7.80. The second-order valence-electron chi connectivity index (χ2n) is 4.57. The quantitative estimate of drug-likeness (QED) is 0.241. The highest BCUT2D eigenvalue weighted by Crippen LogP contribution is 2.05. The van der Waals surface area contributed by atoms with Crippen LogP contribution in [0.5, 0.6) is 0 Å². The smallest absolute Gasteiger partial charge is 0.287 e. The van der Waals surface area contributed by atoms with Crippen molar-refractivity contribution in [3.05, 3.63) is 35.4 Å². The number of nitrogens with one attached hydrogen (secondary N) is 2. The molecule has 0 saturated carbocycles. The maximum atomic E-state index is 11.8. The summed E-state index contributed by atoms with van der Waals surface area (Å²) < 4.78 is 9.98. The first-order valence-electron chi connectivity index (χ1n) is 6.85. The fourth-order valence-electron chi connectivity index (χ4n) is 1.65. The first-order chi connectivity index (χ1) is 10.5. The molecule has 0 aliphatic carbocycles. The van der Waals surface area contributed by atoms with Gasteiger partial charge < -0.3 is 20.5 Å². The van der Waals surface area contributed by atoms with Gasteiger partial charge in [0.2, 0.25) is 5.78 Å². The number of nitrogen functional groups attached to an aromatic ring is 1. The topological polar surface area (TPSA) is 114 Å². The van der Waals surface area contributed by atoms with Gasteiger partial charge in [-0.2, -0.15) is 0 Å². The molecule has 0 fully saturated rings. The highest BCUT2D eigenvalue weighted by atomic mass is 16.5. The van der Waals surface area contributed by atoms with Crippen molar-refractivity contribution in [1.29, 1.82) is 5.41 Å². The molecule has 7 heteroatoms. The molecule has 1 aromatic rings. The molecule has 0 saturated heterocycles. The van der Waals surface area contributed by atoms with Gasteiger partial charge in [-0.25, -0.2) is 0 Å². The predicted molar refractivity (Wildman–Crippen MR) is 81.9 cm³/mol. The Balaban J connectivity index is 2.31. The molecule has 0 aromatic heterocycles. The molecule has 4 N–H and O–H groups in total. The molecule has 0 atom stereocenters. The molecule has 7 nitrogen and oxygen atoms in total. The number of nitrogens with two attached hydrogens (primary N) is 1. The van der Waals surface area contributed by atoms with Crippen LogP contribution in [0.4, 0.5) is 0 Å². The van der Waals surface area contributed by atoms with Crippen molar-refractivity contribution in [1.82, 2.24) is 5.32 Å². The standard InChI is InChI=1S/C15H21N3O4/c1-21-8-9-22-7-6-18-15(20)13(19)10-11-2-4-12(5-3-11)14(16)17/h2-5H,6-10H2,1H3,(H3,16,17)(H,18,20). The van der Waals surface area contributed by atoms with E-state index in [9.17, 15) is 9.59 Å². The van der Waals surface area contributed by atoms with Gasteiger partial charge in [-0.1, -0.05) is 24.3 Å². The molecule has 0 spiro atoms. The van der Waals surface area contributed by atoms with Crippen molar-refractivity contribution in [2.75, 3.05) is 33.5 Å². The fraction of sp³-hybridized carbons (Fsp3) is 0.400. The minimum absolute atomic E-state index is 0.00848. The summed E-state index contributed by atoms with van der Waals surface area (Å²) in [4.78, 5) is 23.4. The molecule has 0 unspecified atom stereocenters. The van der Waals surface area contributed by atoms with E-state index in [0.717, 1.165) is 0 Å². The number of Topliss-reactive ketones (excluding diaryl/α,β-unsaturated/α-hetero) is 1. The Morgan fingerprint density at radius 3 is 2.45 bits per heavy atom. The summed E-state index contributed by atoms with van der Waals surface area (Å²) in [5.41, 5.74) is 6.62. The molecule has 1 aromatic carbocycles. The van der Waals surface area contributed by atoms with E-state index < -0.39 is 11.7 Å². The molecular formula is C15H21N3O4. The Bertz CT molecular complexity index is 514. The molecule has 0 heterocycles. The van der Waals surface area contributed by atoms with E-state index in [4.69, 9.17) is 20.6 Å². The number of hydrogen-bond donors (Lipinski definition) is 3. The third kappa shape index (κ3) is 6.47. The number of carbonyl (C=O) groups is 2. The normalized spacial score (nSPS) is 10.2. The zero-order chi connectivity index (χ0) is 16.4. The van der Waals surface area contributed by atoms with Gasteiger partial charge in [0.1, 0.15) is 5.84 Å². The zero-order valence-corrected chi connectivity index (χ0v) is 12.6. The van der Waals surface area contributed by atoms with Crippen molar-refractivity contribution in [3.63, 3.8) is 0 Å². The van der Waals surface area contributed by atoms with E-state index in [2.05, 4.69) is 5.32 Å². The van der Waals surface area contributed by atoms with Crippen LogP contribution in [0.2, 0.25) is 0 Å². The van der Waals surface area contributed by atoms with E-state index in [1.165, 1.54) is 0 Å². The van der Waals surface area contributed by atoms with E-state index in [1.807, 2.05) is 0 Å². The van der Waals surface area contributed by atoms with E-state index in [-0.39, 0.29) is 18.8 Å². The number of ether oxygens (including phenoxy) is 2. The minimum atomic E-state index is -0.633. The Hall–Kier alpha value is -2.25. The van der Waals surface area contributed by atoms with Crippen LogP contribution in [0.15, 0.2) is 24.3 Å². The fourth-order valence-corrected chi connectivity index (χ4v) is 1.65. The van der Waals surface area contributed by atoms with Gasteiger partial charge in [0.15, 0.2) is 0 Å². The number of carbonyl (C=O) groups excluding carboxylic acids is 2. The average Bonchev–Trinajstić information content (AvgIpc) is 2.51. The number of amides is 1. The summed E-state index contributed by atoms with van der Waals surface area (Å²) in [5, 5.41) is 9.78. The van der Waals surface area contributed by atoms with Gasteiger partial charge in [0.05, 0.1) is 19.8 Å². The first kappa shape index (κ1) is 17.8. The van der Waals surface area contributed by atoms with Crippen molar-refractivity contribution in [2.45, 2.75) is 6.42 Å². The lowest BCUT2D eigenvalue weighted by atomic mass is 10.1. The molecular weight excluding hydrogens is 286 g/mol. The summed E-state index contributed by atoms with van der Waals surface area (Å²) in [5.74, 6) is -1.19. The van der Waals surface area contributed by atoms with Gasteiger partial charge in [0, 0.05) is 25.6 Å². The molecule has 0 bridgehead atoms. The number of amidine groups is 1. The number of ketones is 1. The highest BCUT2D eigenvalue weighted by Gasteiger charge is 2.13. The maximum Gasteiger partial charge on any atom is 0.287 e. The van der Waals surface area contributed by atoms with Crippen LogP contribution in [0.1, 0.15) is 11.1 Å². The predicted octanol–water partition coefficient (Wildman–Crippen LogP) is -0.139. The van der Waals surface area contributed by atoms with Crippen LogP contribution < -0.4 is 11.1 Å². The molecule has 0 aliphatic rings. The van der Waals surface area contributed by atoms with Crippen LogP contribution in [0, 0.1) is 5.41 Å². The van der Waals surface area contributed by atoms with Gasteiger partial charge >= 0.3 is 0 Å². The summed E-state index contributed by atoms with van der Waals surface area (Å²) in [6.07, 6.45) is 0.00848. The molecule has 120 valence electrons. The van der Waals surface area contributed by atoms with Crippen molar-refractivity contribution in [3.8, 4) is 0 Å². The largest absolute Gasteiger partial charge is 0.384 e. The lowest BCUT2D eigenvalue weighted by Gasteiger charge is -2.06. The van der Waals surface area contributed by atoms with E-state index in [0.29, 0.717) is 30.9 Å². The molecule has 1 amide bonds. The third-order valence-electron chi connectivity index (χ3n) is 2.85. The number of rotatable bonds is 10. The Morgan fingerprint density at radius 2 is 1.86 bits per heavy atom. The van der Waals surface area contributed by atoms with E-state index in [1.54, 1.807) is 31.4 Å². The Morgan fingerprint density at radius 1 is 1.18 bits per heavy atom. The van der Waals surface area contributed by atoms with Crippen LogP contribution in [-0.4, -0.2) is 51.0 Å². The highest BCUT2D eigenvalue weighted by molar-refractivity contribution is 6.36. The lowest BCUT2D eigenvalue weighted by Crippen LogP contribution is -2.34. The Labute approximate surface area is 129 Å². The van der Waals surface area contributed by atoms with Gasteiger partial charge in [-0.3, -0.25) is 15.0 Å². The van der Waals surface area contributed by atoms with Gasteiger partial charge in [0.25, 0.3) is 5.91 Å². The van der Waals surface area contributed by atoms with E-state index >= 15 is 0 Å². The summed E-state index contributed by atoms with van der Waals surface area (Å²) in [7, 11) is 1.58. The van der Waals surface area contributed by atoms with Crippen LogP contribution in [-0.2, 0) is 25.5 Å². The van der Waals surface area contributed by atoms with Crippen LogP contribution in [0.25, 0.3) is 0 Å². The summed E-state index contributed by atoms with van der Waals surface area (Å²) >= 11 is 0. The molecule has 0 radical (unpaired) electrons. The number of benzene rings is 1. The lowest BCUT2D eigenvalue weighted by molar-refractivity contribution is -0.137. The van der Waals surface area contributed by atoms with Gasteiger partial charge in [-0.05, 0) is 5.56 Å². The zero-order valence-electron chi connectivity index (χ0n) is 12.6. The average molecular weight is 307 g/mol. The second-order valence-corrected chi connectivity index (χ2v) is 4.57. The monoisotopic (exact) mass is 307 g/mol.